The van der Waals surface area contributed by atoms with Crippen LogP contribution in [0.3, 0.4) is 0 Å². The third kappa shape index (κ3) is 3.63. The van der Waals surface area contributed by atoms with Gasteiger partial charge in [-0.2, -0.15) is 0 Å². The van der Waals surface area contributed by atoms with Crippen molar-refractivity contribution in [3.8, 4) is 0 Å². The number of ether oxygens (including phenoxy) is 1. The second kappa shape index (κ2) is 5.48. The van der Waals surface area contributed by atoms with E-state index < -0.39 is 0 Å². The topological polar surface area (TPSA) is 26.3 Å². The molecule has 1 rings (SSSR count). The first-order chi connectivity index (χ1) is 7.40. The molecule has 1 aromatic carbocycles. The summed E-state index contributed by atoms with van der Waals surface area (Å²) < 4.78 is 6.08. The monoisotopic (exact) mass is 284 g/mol. The van der Waals surface area contributed by atoms with Crippen molar-refractivity contribution >= 4 is 21.9 Å². The van der Waals surface area contributed by atoms with Crippen LogP contribution in [0.5, 0.6) is 0 Å². The van der Waals surface area contributed by atoms with Crippen molar-refractivity contribution in [2.24, 2.45) is 0 Å². The molecular weight excluding hydrogens is 268 g/mol. The van der Waals surface area contributed by atoms with E-state index in [1.165, 1.54) is 0 Å². The fourth-order valence-corrected chi connectivity index (χ4v) is 1.86. The molecule has 0 fully saturated rings. The first-order valence-corrected chi connectivity index (χ1v) is 6.21. The summed E-state index contributed by atoms with van der Waals surface area (Å²) in [6.45, 7) is 7.89. The van der Waals surface area contributed by atoms with Crippen molar-refractivity contribution in [1.29, 1.82) is 0 Å². The number of hydrogen-bond acceptors (Lipinski definition) is 2. The molecule has 0 aliphatic heterocycles. The van der Waals surface area contributed by atoms with E-state index in [0.717, 1.165) is 10.0 Å². The summed E-state index contributed by atoms with van der Waals surface area (Å²) in [5.41, 5.74) is 1.73. The minimum absolute atomic E-state index is 0.0889. The Balaban J connectivity index is 3.00. The lowest BCUT2D eigenvalue weighted by atomic mass is 10.0. The number of rotatable bonds is 3. The molecule has 2 nitrogen and oxygen atoms in total. The van der Waals surface area contributed by atoms with Crippen molar-refractivity contribution in [3.63, 3.8) is 0 Å². The fraction of sp³-hybridized carbons (Fsp3) is 0.462. The lowest BCUT2D eigenvalue weighted by Gasteiger charge is -2.11. The van der Waals surface area contributed by atoms with Gasteiger partial charge < -0.3 is 4.74 Å². The molecule has 0 bridgehead atoms. The van der Waals surface area contributed by atoms with E-state index in [2.05, 4.69) is 29.8 Å². The predicted molar refractivity (Wildman–Crippen MR) is 68.8 cm³/mol. The number of hydrogen-bond donors (Lipinski definition) is 0. The minimum Gasteiger partial charge on any atom is -0.459 e. The van der Waals surface area contributed by atoms with Gasteiger partial charge in [0.1, 0.15) is 0 Å². The van der Waals surface area contributed by atoms with E-state index in [4.69, 9.17) is 4.74 Å². The number of benzene rings is 1. The van der Waals surface area contributed by atoms with Crippen molar-refractivity contribution in [3.05, 3.63) is 33.8 Å². The first kappa shape index (κ1) is 13.2. The molecule has 0 aromatic heterocycles. The van der Waals surface area contributed by atoms with Gasteiger partial charge in [0.15, 0.2) is 0 Å². The van der Waals surface area contributed by atoms with E-state index in [0.29, 0.717) is 11.5 Å². The summed E-state index contributed by atoms with van der Waals surface area (Å²) in [5.74, 6) is 0.126. The second-order valence-corrected chi connectivity index (χ2v) is 5.30. The van der Waals surface area contributed by atoms with E-state index in [-0.39, 0.29) is 12.1 Å². The highest BCUT2D eigenvalue weighted by atomic mass is 79.9. The molecule has 3 heteroatoms. The van der Waals surface area contributed by atoms with Gasteiger partial charge in [-0.15, -0.1) is 0 Å². The molecule has 1 aromatic rings. The average Bonchev–Trinajstić information content (AvgIpc) is 2.15. The zero-order valence-corrected chi connectivity index (χ0v) is 11.7. The summed E-state index contributed by atoms with van der Waals surface area (Å²) in [6, 6.07) is 5.70. The van der Waals surface area contributed by atoms with Crippen LogP contribution in [0.1, 0.15) is 49.5 Å². The van der Waals surface area contributed by atoms with E-state index in [9.17, 15) is 4.79 Å². The SMILES string of the molecule is CC(C)OC(=O)c1cc(Br)cc(C(C)C)c1. The van der Waals surface area contributed by atoms with Crippen LogP contribution >= 0.6 is 15.9 Å². The highest BCUT2D eigenvalue weighted by Crippen LogP contribution is 2.22. The molecule has 0 aliphatic rings. The molecule has 0 amide bonds. The van der Waals surface area contributed by atoms with Crippen LogP contribution in [0.2, 0.25) is 0 Å². The zero-order valence-electron chi connectivity index (χ0n) is 10.1. The maximum Gasteiger partial charge on any atom is 0.338 e. The van der Waals surface area contributed by atoms with Gasteiger partial charge in [0, 0.05) is 4.47 Å². The van der Waals surface area contributed by atoms with Crippen LogP contribution < -0.4 is 0 Å². The maximum absolute atomic E-state index is 11.7. The van der Waals surface area contributed by atoms with Crippen LogP contribution in [0.4, 0.5) is 0 Å². The lowest BCUT2D eigenvalue weighted by molar-refractivity contribution is 0.0377. The highest BCUT2D eigenvalue weighted by molar-refractivity contribution is 9.10. The highest BCUT2D eigenvalue weighted by Gasteiger charge is 2.12. The molecule has 0 heterocycles. The molecule has 16 heavy (non-hydrogen) atoms. The van der Waals surface area contributed by atoms with Crippen molar-refractivity contribution < 1.29 is 9.53 Å². The lowest BCUT2D eigenvalue weighted by Crippen LogP contribution is -2.12. The second-order valence-electron chi connectivity index (χ2n) is 4.38. The van der Waals surface area contributed by atoms with Crippen molar-refractivity contribution in [1.82, 2.24) is 0 Å². The Bertz CT molecular complexity index is 384. The largest absolute Gasteiger partial charge is 0.459 e. The number of carbonyl (C=O) groups is 1. The number of carbonyl (C=O) groups excluding carboxylic acids is 1. The maximum atomic E-state index is 11.7. The molecule has 88 valence electrons. The first-order valence-electron chi connectivity index (χ1n) is 5.41. The molecule has 0 aliphatic carbocycles. The van der Waals surface area contributed by atoms with Gasteiger partial charge >= 0.3 is 5.97 Å². The molecular formula is C13H17BrO2. The predicted octanol–water partition coefficient (Wildman–Crippen LogP) is 4.14. The van der Waals surface area contributed by atoms with Crippen LogP contribution in [0.25, 0.3) is 0 Å². The van der Waals surface area contributed by atoms with Crippen LogP contribution in [0, 0.1) is 0 Å². The molecule has 0 saturated carbocycles. The fourth-order valence-electron chi connectivity index (χ4n) is 1.35. The summed E-state index contributed by atoms with van der Waals surface area (Å²) in [7, 11) is 0. The standard InChI is InChI=1S/C13H17BrO2/c1-8(2)10-5-11(7-12(14)6-10)13(15)16-9(3)4/h5-9H,1-4H3. The van der Waals surface area contributed by atoms with Crippen LogP contribution in [0.15, 0.2) is 22.7 Å². The van der Waals surface area contributed by atoms with Gasteiger partial charge in [0.05, 0.1) is 11.7 Å². The summed E-state index contributed by atoms with van der Waals surface area (Å²) >= 11 is 3.41. The Labute approximate surface area is 105 Å². The van der Waals surface area contributed by atoms with Crippen molar-refractivity contribution in [2.45, 2.75) is 39.7 Å². The Kier molecular flexibility index (Phi) is 4.54. The molecule has 0 saturated heterocycles. The summed E-state index contributed by atoms with van der Waals surface area (Å²) in [4.78, 5) is 11.7. The van der Waals surface area contributed by atoms with E-state index >= 15 is 0 Å². The Morgan fingerprint density at radius 1 is 1.19 bits per heavy atom. The molecule has 0 spiro atoms. The summed E-state index contributed by atoms with van der Waals surface area (Å²) in [5, 5.41) is 0. The molecule has 0 atom stereocenters. The third-order valence-corrected chi connectivity index (χ3v) is 2.62. The van der Waals surface area contributed by atoms with Gasteiger partial charge in [-0.3, -0.25) is 0 Å². The van der Waals surface area contributed by atoms with Gasteiger partial charge in [-0.05, 0) is 43.5 Å². The van der Waals surface area contributed by atoms with Gasteiger partial charge in [0.2, 0.25) is 0 Å². The van der Waals surface area contributed by atoms with E-state index in [1.807, 2.05) is 26.0 Å². The molecule has 0 N–H and O–H groups in total. The number of halogens is 1. The van der Waals surface area contributed by atoms with Crippen LogP contribution in [-0.2, 0) is 4.74 Å². The number of esters is 1. The Morgan fingerprint density at radius 2 is 1.81 bits per heavy atom. The Morgan fingerprint density at radius 3 is 2.31 bits per heavy atom. The van der Waals surface area contributed by atoms with Crippen LogP contribution in [-0.4, -0.2) is 12.1 Å². The minimum atomic E-state index is -0.266. The van der Waals surface area contributed by atoms with Crippen molar-refractivity contribution in [2.75, 3.05) is 0 Å². The van der Waals surface area contributed by atoms with Gasteiger partial charge in [0.25, 0.3) is 0 Å². The van der Waals surface area contributed by atoms with E-state index in [1.54, 1.807) is 6.07 Å². The Hall–Kier alpha value is -0.830. The quantitative estimate of drug-likeness (QED) is 0.780. The normalized spacial score (nSPS) is 10.9. The smallest absolute Gasteiger partial charge is 0.338 e. The summed E-state index contributed by atoms with van der Waals surface area (Å²) in [6.07, 6.45) is -0.0889. The average molecular weight is 285 g/mol. The zero-order chi connectivity index (χ0) is 12.3. The molecule has 0 radical (unpaired) electrons. The third-order valence-electron chi connectivity index (χ3n) is 2.17. The molecule has 0 unspecified atom stereocenters. The van der Waals surface area contributed by atoms with Gasteiger partial charge in [-0.25, -0.2) is 4.79 Å². The van der Waals surface area contributed by atoms with Gasteiger partial charge in [-0.1, -0.05) is 29.8 Å².